The van der Waals surface area contributed by atoms with Crippen LogP contribution in [0.5, 0.6) is 5.75 Å². The summed E-state index contributed by atoms with van der Waals surface area (Å²) in [6.07, 6.45) is 4.53. The van der Waals surface area contributed by atoms with Crippen LogP contribution in [0, 0.1) is 12.8 Å². The number of carbonyl (C=O) groups is 1. The molecule has 1 amide bonds. The molecular formula is C25H35FN2O2. The molecule has 0 radical (unpaired) electrons. The van der Waals surface area contributed by atoms with Gasteiger partial charge in [0.25, 0.3) is 0 Å². The van der Waals surface area contributed by atoms with E-state index in [0.717, 1.165) is 35.4 Å². The molecule has 2 unspecified atom stereocenters. The molecule has 0 bridgehead atoms. The minimum absolute atomic E-state index is 0.0243. The first-order valence-corrected chi connectivity index (χ1v) is 11.0. The van der Waals surface area contributed by atoms with Crippen molar-refractivity contribution in [1.82, 2.24) is 4.90 Å². The Morgan fingerprint density at radius 3 is 2.73 bits per heavy atom. The predicted octanol–water partition coefficient (Wildman–Crippen LogP) is 5.60. The number of hydrogen-bond acceptors (Lipinski definition) is 3. The molecule has 164 valence electrons. The van der Waals surface area contributed by atoms with Gasteiger partial charge in [-0.05, 0) is 68.4 Å². The van der Waals surface area contributed by atoms with Gasteiger partial charge < -0.3 is 9.64 Å². The Morgan fingerprint density at radius 2 is 2.10 bits per heavy atom. The lowest BCUT2D eigenvalue weighted by Gasteiger charge is -2.26. The zero-order valence-electron chi connectivity index (χ0n) is 19.2. The van der Waals surface area contributed by atoms with E-state index in [1.54, 1.807) is 18.9 Å². The maximum Gasteiger partial charge on any atom is 0.223 e. The molecule has 0 saturated carbocycles. The molecule has 4 nitrogen and oxygen atoms in total. The van der Waals surface area contributed by atoms with Crippen LogP contribution in [0.3, 0.4) is 0 Å². The van der Waals surface area contributed by atoms with E-state index in [-0.39, 0.29) is 24.5 Å². The second kappa shape index (κ2) is 8.91. The number of halogens is 1. The maximum absolute atomic E-state index is 15.0. The van der Waals surface area contributed by atoms with E-state index in [9.17, 15) is 9.18 Å². The van der Waals surface area contributed by atoms with Gasteiger partial charge in [-0.3, -0.25) is 9.79 Å². The minimum Gasteiger partial charge on any atom is -0.496 e. The topological polar surface area (TPSA) is 41.9 Å². The number of alkyl halides is 1. The number of amides is 1. The van der Waals surface area contributed by atoms with Crippen molar-refractivity contribution in [2.75, 3.05) is 13.7 Å². The average Bonchev–Trinajstić information content (AvgIpc) is 3.21. The molecule has 2 aliphatic heterocycles. The number of carbonyl (C=O) groups excluding carboxylic acids is 1. The normalized spacial score (nSPS) is 26.2. The smallest absolute Gasteiger partial charge is 0.223 e. The average molecular weight is 415 g/mol. The molecule has 30 heavy (non-hydrogen) atoms. The van der Waals surface area contributed by atoms with Crippen LogP contribution >= 0.6 is 0 Å². The molecule has 0 spiro atoms. The number of nitrogens with zero attached hydrogens (tertiary/aromatic N) is 2. The number of ether oxygens (including phenoxy) is 1. The lowest BCUT2D eigenvalue weighted by Crippen LogP contribution is -2.33. The number of aliphatic imine (C=N–C) groups is 1. The van der Waals surface area contributed by atoms with Crippen LogP contribution in [0.1, 0.15) is 70.5 Å². The fourth-order valence-corrected chi connectivity index (χ4v) is 4.64. The molecule has 5 heteroatoms. The van der Waals surface area contributed by atoms with Gasteiger partial charge in [-0.15, -0.1) is 0 Å². The lowest BCUT2D eigenvalue weighted by atomic mass is 9.95. The van der Waals surface area contributed by atoms with Gasteiger partial charge in [-0.1, -0.05) is 26.0 Å². The van der Waals surface area contributed by atoms with Gasteiger partial charge in [-0.2, -0.15) is 0 Å². The fourth-order valence-electron chi connectivity index (χ4n) is 4.64. The summed E-state index contributed by atoms with van der Waals surface area (Å²) in [6, 6.07) is 5.73. The van der Waals surface area contributed by atoms with E-state index >= 15 is 0 Å². The lowest BCUT2D eigenvalue weighted by molar-refractivity contribution is -0.132. The van der Waals surface area contributed by atoms with Gasteiger partial charge in [0.15, 0.2) is 0 Å². The van der Waals surface area contributed by atoms with Gasteiger partial charge in [0.1, 0.15) is 11.4 Å². The van der Waals surface area contributed by atoms with Crippen LogP contribution in [0.2, 0.25) is 0 Å². The van der Waals surface area contributed by atoms with Crippen molar-refractivity contribution in [2.24, 2.45) is 10.9 Å². The molecule has 1 aromatic carbocycles. The van der Waals surface area contributed by atoms with Crippen LogP contribution in [-0.4, -0.2) is 41.9 Å². The molecule has 1 aromatic rings. The number of hydrogen-bond donors (Lipinski definition) is 0. The monoisotopic (exact) mass is 414 g/mol. The van der Waals surface area contributed by atoms with Crippen molar-refractivity contribution in [1.29, 1.82) is 0 Å². The molecule has 3 rings (SSSR count). The van der Waals surface area contributed by atoms with E-state index in [4.69, 9.17) is 9.73 Å². The van der Waals surface area contributed by atoms with E-state index in [1.807, 2.05) is 25.1 Å². The van der Waals surface area contributed by atoms with Gasteiger partial charge in [0, 0.05) is 18.6 Å². The fraction of sp³-hybridized carbons (Fsp3) is 0.600. The Morgan fingerprint density at radius 1 is 1.37 bits per heavy atom. The molecule has 0 aromatic heterocycles. The summed E-state index contributed by atoms with van der Waals surface area (Å²) in [7, 11) is 1.63. The molecule has 2 aliphatic rings. The summed E-state index contributed by atoms with van der Waals surface area (Å²) >= 11 is 0. The molecule has 0 N–H and O–H groups in total. The van der Waals surface area contributed by atoms with Gasteiger partial charge in [0.05, 0.1) is 25.7 Å². The third-order valence-corrected chi connectivity index (χ3v) is 6.39. The summed E-state index contributed by atoms with van der Waals surface area (Å²) < 4.78 is 20.4. The standard InChI is InChI=1S/C25H35FN2O2/c1-16(2)21-13-17(3)20(27-21)10-8-12-24(29)28-15-25(5,26)14-22(28)19-9-7-11-23(30-6)18(19)4/h7,9,11,13,16,20,22H,8,10,12,14-15H2,1-6H3/t20?,22-,25?/m0/s1. The highest BCUT2D eigenvalue weighted by Gasteiger charge is 2.44. The first-order chi connectivity index (χ1) is 14.1. The minimum atomic E-state index is -1.38. The van der Waals surface area contributed by atoms with Crippen molar-refractivity contribution < 1.29 is 13.9 Å². The Hall–Kier alpha value is -2.17. The highest BCUT2D eigenvalue weighted by atomic mass is 19.1. The Kier molecular flexibility index (Phi) is 6.68. The third-order valence-electron chi connectivity index (χ3n) is 6.39. The Labute approximate surface area is 180 Å². The third kappa shape index (κ3) is 4.76. The number of benzene rings is 1. The van der Waals surface area contributed by atoms with E-state index < -0.39 is 5.67 Å². The molecule has 3 atom stereocenters. The zero-order valence-corrected chi connectivity index (χ0v) is 19.2. The van der Waals surface area contributed by atoms with Crippen LogP contribution in [0.4, 0.5) is 4.39 Å². The molecule has 1 fully saturated rings. The van der Waals surface area contributed by atoms with Crippen molar-refractivity contribution in [2.45, 2.75) is 78.1 Å². The molecule has 0 aliphatic carbocycles. The number of allylic oxidation sites excluding steroid dienone is 1. The van der Waals surface area contributed by atoms with Crippen molar-refractivity contribution in [3.63, 3.8) is 0 Å². The van der Waals surface area contributed by atoms with Crippen molar-refractivity contribution in [3.05, 3.63) is 41.0 Å². The van der Waals surface area contributed by atoms with E-state index in [2.05, 4.69) is 26.8 Å². The highest BCUT2D eigenvalue weighted by Crippen LogP contribution is 2.42. The Balaban J connectivity index is 1.68. The van der Waals surface area contributed by atoms with Crippen molar-refractivity contribution >= 4 is 11.6 Å². The number of rotatable bonds is 7. The summed E-state index contributed by atoms with van der Waals surface area (Å²) in [5, 5.41) is 0. The van der Waals surface area contributed by atoms with Crippen LogP contribution in [-0.2, 0) is 4.79 Å². The number of methoxy groups -OCH3 is 1. The van der Waals surface area contributed by atoms with E-state index in [0.29, 0.717) is 18.8 Å². The second-order valence-electron chi connectivity index (χ2n) is 9.33. The first-order valence-electron chi connectivity index (χ1n) is 11.0. The SMILES string of the molecule is COc1cccc([C@@H]2CC(C)(F)CN2C(=O)CCCC2N=C(C(C)C)C=C2C)c1C. The summed E-state index contributed by atoms with van der Waals surface area (Å²) in [5.74, 6) is 1.22. The van der Waals surface area contributed by atoms with Crippen LogP contribution < -0.4 is 4.74 Å². The summed E-state index contributed by atoms with van der Waals surface area (Å²) in [5.41, 5.74) is 2.99. The number of likely N-dealkylation sites (tertiary alicyclic amines) is 1. The molecular weight excluding hydrogens is 379 g/mol. The van der Waals surface area contributed by atoms with Crippen molar-refractivity contribution in [3.8, 4) is 5.75 Å². The Bertz CT molecular complexity index is 857. The second-order valence-corrected chi connectivity index (χ2v) is 9.33. The molecule has 2 heterocycles. The summed E-state index contributed by atoms with van der Waals surface area (Å²) in [6.45, 7) is 10.1. The van der Waals surface area contributed by atoms with Crippen LogP contribution in [0.25, 0.3) is 0 Å². The molecule has 1 saturated heterocycles. The van der Waals surface area contributed by atoms with Crippen LogP contribution in [0.15, 0.2) is 34.8 Å². The highest BCUT2D eigenvalue weighted by molar-refractivity contribution is 5.99. The predicted molar refractivity (Wildman–Crippen MR) is 120 cm³/mol. The van der Waals surface area contributed by atoms with Gasteiger partial charge in [-0.25, -0.2) is 4.39 Å². The largest absolute Gasteiger partial charge is 0.496 e. The van der Waals surface area contributed by atoms with E-state index in [1.165, 1.54) is 5.57 Å². The van der Waals surface area contributed by atoms with Gasteiger partial charge in [0.2, 0.25) is 5.91 Å². The zero-order chi connectivity index (χ0) is 22.1. The quantitative estimate of drug-likeness (QED) is 0.583. The van der Waals surface area contributed by atoms with Gasteiger partial charge >= 0.3 is 0 Å². The maximum atomic E-state index is 15.0. The summed E-state index contributed by atoms with van der Waals surface area (Å²) in [4.78, 5) is 19.6. The first kappa shape index (κ1) is 22.5.